The van der Waals surface area contributed by atoms with E-state index < -0.39 is 0 Å². The lowest BCUT2D eigenvalue weighted by Crippen LogP contribution is -2.51. The summed E-state index contributed by atoms with van der Waals surface area (Å²) >= 11 is 4.79. The molecule has 1 fully saturated rings. The molecule has 2 atom stereocenters. The number of carbonyl (C=O) groups excluding carboxylic acids is 2. The summed E-state index contributed by atoms with van der Waals surface area (Å²) in [6, 6.07) is 10.9. The van der Waals surface area contributed by atoms with Crippen LogP contribution < -0.4 is 5.32 Å². The van der Waals surface area contributed by atoms with Gasteiger partial charge >= 0.3 is 0 Å². The van der Waals surface area contributed by atoms with Crippen LogP contribution in [0.3, 0.4) is 0 Å². The van der Waals surface area contributed by atoms with Crippen molar-refractivity contribution >= 4 is 40.9 Å². The van der Waals surface area contributed by atoms with Gasteiger partial charge in [0.25, 0.3) is 0 Å². The molecule has 3 aliphatic rings. The van der Waals surface area contributed by atoms with Crippen molar-refractivity contribution in [2.24, 2.45) is 0 Å². The summed E-state index contributed by atoms with van der Waals surface area (Å²) in [5.41, 5.74) is 6.36. The minimum Gasteiger partial charge on any atom is -0.295 e. The number of benzene rings is 2. The van der Waals surface area contributed by atoms with E-state index in [1.165, 1.54) is 28.8 Å². The molecular weight excluding hydrogens is 465 g/mol. The van der Waals surface area contributed by atoms with Crippen LogP contribution in [0.15, 0.2) is 42.5 Å². The van der Waals surface area contributed by atoms with Crippen molar-refractivity contribution in [2.75, 3.05) is 13.1 Å². The first kappa shape index (κ1) is 22.5. The number of nitrogens with zero attached hydrogens (tertiary/aromatic N) is 3. The van der Waals surface area contributed by atoms with Crippen molar-refractivity contribution in [2.45, 2.75) is 43.8 Å². The van der Waals surface area contributed by atoms with Gasteiger partial charge in [-0.15, -0.1) is 0 Å². The van der Waals surface area contributed by atoms with Gasteiger partial charge in [-0.25, -0.2) is 4.39 Å². The first-order chi connectivity index (χ1) is 17.0. The molecule has 3 aliphatic heterocycles. The van der Waals surface area contributed by atoms with E-state index in [4.69, 9.17) is 12.6 Å². The van der Waals surface area contributed by atoms with Crippen LogP contribution in [-0.2, 0) is 22.7 Å². The predicted octanol–water partition coefficient (Wildman–Crippen LogP) is 3.54. The number of aromatic amines is 1. The molecule has 2 aromatic carbocycles. The number of nitrogens with one attached hydrogen (secondary N) is 2. The third-order valence-electron chi connectivity index (χ3n) is 7.29. The molecule has 1 saturated heterocycles. The fourth-order valence-corrected chi connectivity index (χ4v) is 5.95. The molecule has 0 spiro atoms. The van der Waals surface area contributed by atoms with E-state index >= 15 is 0 Å². The summed E-state index contributed by atoms with van der Waals surface area (Å²) in [7, 11) is 0. The number of rotatable bonds is 4. The fraction of sp³-hybridized carbons (Fsp3) is 0.346. The Hall–Kier alpha value is -3.01. The van der Waals surface area contributed by atoms with Crippen molar-refractivity contribution in [3.63, 3.8) is 0 Å². The Bertz CT molecular complexity index is 1370. The van der Waals surface area contributed by atoms with Crippen LogP contribution in [0, 0.1) is 5.82 Å². The van der Waals surface area contributed by atoms with Crippen LogP contribution in [0.5, 0.6) is 0 Å². The number of hydrogen-bond donors (Lipinski definition) is 3. The van der Waals surface area contributed by atoms with Gasteiger partial charge < -0.3 is 0 Å². The highest BCUT2D eigenvalue weighted by Crippen LogP contribution is 2.39. The maximum Gasteiger partial charge on any atom is 0.243 e. The molecule has 180 valence electrons. The fourth-order valence-electron chi connectivity index (χ4n) is 5.45. The van der Waals surface area contributed by atoms with Gasteiger partial charge in [-0.05, 0) is 53.3 Å². The van der Waals surface area contributed by atoms with E-state index in [-0.39, 0.29) is 29.0 Å². The Kier molecular flexibility index (Phi) is 5.70. The molecule has 2 amide bonds. The quantitative estimate of drug-likeness (QED) is 0.384. The van der Waals surface area contributed by atoms with Crippen LogP contribution in [0.1, 0.15) is 47.0 Å². The Morgan fingerprint density at radius 1 is 1.14 bits per heavy atom. The zero-order chi connectivity index (χ0) is 24.1. The van der Waals surface area contributed by atoms with Crippen LogP contribution in [0.25, 0.3) is 16.5 Å². The lowest BCUT2D eigenvalue weighted by Gasteiger charge is -2.32. The van der Waals surface area contributed by atoms with Gasteiger partial charge in [0.05, 0.1) is 22.6 Å². The molecule has 0 radical (unpaired) electrons. The monoisotopic (exact) mass is 491 g/mol. The average Bonchev–Trinajstić information content (AvgIpc) is 3.40. The van der Waals surface area contributed by atoms with Gasteiger partial charge in [0.15, 0.2) is 0 Å². The number of aromatic nitrogens is 2. The second-order valence-electron chi connectivity index (χ2n) is 9.52. The van der Waals surface area contributed by atoms with E-state index in [9.17, 15) is 14.0 Å². The van der Waals surface area contributed by atoms with Gasteiger partial charge in [-0.3, -0.25) is 29.8 Å². The minimum atomic E-state index is -0.327. The van der Waals surface area contributed by atoms with Gasteiger partial charge in [0.1, 0.15) is 5.82 Å². The molecule has 2 unspecified atom stereocenters. The topological polar surface area (TPSA) is 81.3 Å². The van der Waals surface area contributed by atoms with Gasteiger partial charge in [0, 0.05) is 38.0 Å². The number of thiol groups is 1. The molecule has 3 aromatic rings. The highest BCUT2D eigenvalue weighted by molar-refractivity contribution is 7.80. The van der Waals surface area contributed by atoms with E-state index in [1.807, 2.05) is 0 Å². The first-order valence-corrected chi connectivity index (χ1v) is 12.4. The third kappa shape index (κ3) is 4.17. The lowest BCUT2D eigenvalue weighted by molar-refractivity contribution is -0.137. The van der Waals surface area contributed by atoms with Gasteiger partial charge in [0.2, 0.25) is 11.8 Å². The number of halogens is 1. The molecule has 0 bridgehead atoms. The molecule has 4 heterocycles. The van der Waals surface area contributed by atoms with Crippen LogP contribution in [0.4, 0.5) is 4.39 Å². The number of fused-ring (bicyclic) bond motifs is 2. The number of amides is 2. The molecular formula is C26H26FN5O2S. The molecule has 0 aliphatic carbocycles. The van der Waals surface area contributed by atoms with Gasteiger partial charge in [-0.2, -0.15) is 17.7 Å². The lowest BCUT2D eigenvalue weighted by atomic mass is 10.0. The smallest absolute Gasteiger partial charge is 0.243 e. The zero-order valence-corrected chi connectivity index (χ0v) is 20.0. The number of carbonyl (C=O) groups is 2. The standard InChI is InChI=1S/C26H26FN5O2S/c27-18-2-4-20-21(12-18)29-30-24(20)16-7-9-31(10-8-16)13-15-1-3-19-17(11-15)14-32(26(19)35)22-5-6-23(33)28-25(22)34/h1-4,7,11-12,22,26,35H,5-6,8-10,13-14H2,(H,29,30)(H,28,33,34). The molecule has 0 saturated carbocycles. The van der Waals surface area contributed by atoms with Crippen LogP contribution >= 0.6 is 12.6 Å². The molecule has 6 rings (SSSR count). The van der Waals surface area contributed by atoms with Gasteiger partial charge in [-0.1, -0.05) is 24.3 Å². The van der Waals surface area contributed by atoms with Crippen molar-refractivity contribution in [1.29, 1.82) is 0 Å². The number of H-pyrrole nitrogens is 1. The molecule has 7 nitrogen and oxygen atoms in total. The minimum absolute atomic E-state index is 0.152. The normalized spacial score (nSPS) is 23.4. The van der Waals surface area contributed by atoms with E-state index in [2.05, 4.69) is 49.6 Å². The van der Waals surface area contributed by atoms with E-state index in [0.29, 0.717) is 19.4 Å². The molecule has 2 N–H and O–H groups in total. The Balaban J connectivity index is 1.13. The SMILES string of the molecule is O=C1CCC(N2Cc3cc(CN4CC=C(c5n[nH]c6cc(F)ccc56)CC4)ccc3C2S)C(=O)N1. The zero-order valence-electron chi connectivity index (χ0n) is 19.1. The largest absolute Gasteiger partial charge is 0.295 e. The summed E-state index contributed by atoms with van der Waals surface area (Å²) in [4.78, 5) is 28.4. The summed E-state index contributed by atoms with van der Waals surface area (Å²) in [6.45, 7) is 3.22. The summed E-state index contributed by atoms with van der Waals surface area (Å²) in [6.07, 6.45) is 3.99. The number of imide groups is 1. The average molecular weight is 492 g/mol. The van der Waals surface area contributed by atoms with Crippen LogP contribution in [0.2, 0.25) is 0 Å². The molecule has 35 heavy (non-hydrogen) atoms. The summed E-state index contributed by atoms with van der Waals surface area (Å²) in [5.74, 6) is -0.691. The second-order valence-corrected chi connectivity index (χ2v) is 10.0. The van der Waals surface area contributed by atoms with E-state index in [1.54, 1.807) is 6.07 Å². The van der Waals surface area contributed by atoms with Crippen molar-refractivity contribution in [3.05, 3.63) is 70.7 Å². The first-order valence-electron chi connectivity index (χ1n) is 11.9. The Morgan fingerprint density at radius 2 is 2.03 bits per heavy atom. The van der Waals surface area contributed by atoms with Crippen molar-refractivity contribution < 1.29 is 14.0 Å². The maximum atomic E-state index is 13.5. The van der Waals surface area contributed by atoms with E-state index in [0.717, 1.165) is 48.2 Å². The van der Waals surface area contributed by atoms with Crippen LogP contribution in [-0.4, -0.2) is 50.9 Å². The highest BCUT2D eigenvalue weighted by atomic mass is 32.1. The maximum absolute atomic E-state index is 13.5. The summed E-state index contributed by atoms with van der Waals surface area (Å²) < 4.78 is 13.5. The number of hydrogen-bond acceptors (Lipinski definition) is 6. The highest BCUT2D eigenvalue weighted by Gasteiger charge is 2.39. The second kappa shape index (κ2) is 8.89. The van der Waals surface area contributed by atoms with Crippen molar-refractivity contribution in [1.82, 2.24) is 25.3 Å². The third-order valence-corrected chi connectivity index (χ3v) is 7.87. The molecule has 9 heteroatoms. The Morgan fingerprint density at radius 3 is 2.83 bits per heavy atom. The summed E-state index contributed by atoms with van der Waals surface area (Å²) in [5, 5.41) is 10.6. The van der Waals surface area contributed by atoms with Crippen molar-refractivity contribution in [3.8, 4) is 0 Å². The number of piperidine rings is 1. The predicted molar refractivity (Wildman–Crippen MR) is 134 cm³/mol. The molecule has 1 aromatic heterocycles. The Labute approximate surface area is 207 Å².